The molecule has 0 spiro atoms. The van der Waals surface area contributed by atoms with Crippen molar-refractivity contribution in [2.45, 2.75) is 110 Å². The second-order valence-electron chi connectivity index (χ2n) is 12.5. The van der Waals surface area contributed by atoms with Crippen molar-refractivity contribution in [1.82, 2.24) is 0 Å². The maximum absolute atomic E-state index is 11.4. The minimum Gasteiger partial charge on any atom is -0.726 e. The number of hydrogen-bond acceptors (Lipinski definition) is 6. The van der Waals surface area contributed by atoms with Crippen molar-refractivity contribution in [2.24, 2.45) is 46.3 Å². The normalized spacial score (nSPS) is 44.9. The monoisotopic (exact) mass is 508 g/mol. The van der Waals surface area contributed by atoms with E-state index in [0.29, 0.717) is 47.3 Å². The number of aliphatic hydroxyl groups is 2. The van der Waals surface area contributed by atoms with Crippen molar-refractivity contribution in [2.75, 3.05) is 6.61 Å². The number of unbranched alkanes of at least 4 members (excludes halogenated alkanes) is 2. The van der Waals surface area contributed by atoms with Crippen LogP contribution in [0.3, 0.4) is 0 Å². The van der Waals surface area contributed by atoms with Gasteiger partial charge in [0.05, 0.1) is 18.8 Å². The number of fused-ring (bicyclic) bond motifs is 5. The topological polar surface area (TPSA) is 107 Å². The molecule has 4 aliphatic rings. The molecule has 0 aromatic heterocycles. The fourth-order valence-corrected chi connectivity index (χ4v) is 9.60. The van der Waals surface area contributed by atoms with Crippen LogP contribution in [0.1, 0.15) is 97.8 Å². The summed E-state index contributed by atoms with van der Waals surface area (Å²) in [7, 11) is -4.57. The van der Waals surface area contributed by atoms with E-state index in [0.717, 1.165) is 44.9 Å². The Bertz CT molecular complexity index is 792. The van der Waals surface area contributed by atoms with Crippen LogP contribution in [0.4, 0.5) is 0 Å². The van der Waals surface area contributed by atoms with E-state index in [1.54, 1.807) is 0 Å². The summed E-state index contributed by atoms with van der Waals surface area (Å²) >= 11 is 0. The van der Waals surface area contributed by atoms with E-state index in [9.17, 15) is 23.2 Å². The van der Waals surface area contributed by atoms with Gasteiger partial charge in [-0.25, -0.2) is 8.42 Å². The Morgan fingerprint density at radius 3 is 2.35 bits per heavy atom. The number of aliphatic hydroxyl groups excluding tert-OH is 2. The van der Waals surface area contributed by atoms with Crippen molar-refractivity contribution >= 4 is 10.4 Å². The molecule has 0 amide bonds. The Labute approximate surface area is 229 Å². The van der Waals surface area contributed by atoms with Crippen LogP contribution in [-0.2, 0) is 14.6 Å². The van der Waals surface area contributed by atoms with Gasteiger partial charge in [-0.05, 0) is 104 Å². The molecule has 0 aliphatic heterocycles. The van der Waals surface area contributed by atoms with Gasteiger partial charge in [-0.1, -0.05) is 40.0 Å². The molecule has 0 aromatic rings. The molecule has 4 aliphatic carbocycles. The first-order valence-electron chi connectivity index (χ1n) is 13.4. The smallest absolute Gasteiger partial charge is 0.726 e. The van der Waals surface area contributed by atoms with Crippen LogP contribution in [0.5, 0.6) is 0 Å². The molecular weight excluding hydrogens is 463 g/mol. The third-order valence-corrected chi connectivity index (χ3v) is 11.4. The average molecular weight is 509 g/mol. The van der Waals surface area contributed by atoms with Gasteiger partial charge in [-0.3, -0.25) is 4.18 Å². The molecule has 0 unspecified atom stereocenters. The summed E-state index contributed by atoms with van der Waals surface area (Å²) in [5, 5.41) is 21.6. The maximum Gasteiger partial charge on any atom is 1.00 e. The van der Waals surface area contributed by atoms with Crippen molar-refractivity contribution in [3.05, 3.63) is 0 Å². The van der Waals surface area contributed by atoms with Gasteiger partial charge in [0.2, 0.25) is 10.4 Å². The summed E-state index contributed by atoms with van der Waals surface area (Å²) < 4.78 is 35.9. The zero-order chi connectivity index (χ0) is 24.0. The number of rotatable bonds is 8. The van der Waals surface area contributed by atoms with Gasteiger partial charge in [0.15, 0.2) is 0 Å². The molecule has 0 saturated heterocycles. The molecular formula is C26H45NaO6S. The second kappa shape index (κ2) is 11.3. The van der Waals surface area contributed by atoms with E-state index in [4.69, 9.17) is 0 Å². The van der Waals surface area contributed by atoms with Crippen molar-refractivity contribution in [1.29, 1.82) is 0 Å². The minimum atomic E-state index is -4.57. The molecule has 10 atom stereocenters. The molecule has 4 fully saturated rings. The van der Waals surface area contributed by atoms with Gasteiger partial charge in [-0.2, -0.15) is 0 Å². The summed E-state index contributed by atoms with van der Waals surface area (Å²) in [6.45, 7) is 7.33. The van der Waals surface area contributed by atoms with E-state index in [2.05, 4.69) is 25.0 Å². The number of hydrogen-bond donors (Lipinski definition) is 2. The van der Waals surface area contributed by atoms with E-state index in [-0.39, 0.29) is 53.8 Å². The van der Waals surface area contributed by atoms with Crippen molar-refractivity contribution in [3.63, 3.8) is 0 Å². The Kier molecular flexibility index (Phi) is 9.72. The Balaban J connectivity index is 0.00000324. The fraction of sp³-hybridized carbons (Fsp3) is 1.00. The van der Waals surface area contributed by atoms with E-state index in [1.165, 1.54) is 25.7 Å². The zero-order valence-corrected chi connectivity index (χ0v) is 24.6. The third kappa shape index (κ3) is 5.77. The summed E-state index contributed by atoms with van der Waals surface area (Å²) in [5.41, 5.74) is 0.562. The van der Waals surface area contributed by atoms with Crippen LogP contribution in [0.25, 0.3) is 0 Å². The maximum atomic E-state index is 11.4. The van der Waals surface area contributed by atoms with Crippen LogP contribution in [0.2, 0.25) is 0 Å². The van der Waals surface area contributed by atoms with Gasteiger partial charge in [0.1, 0.15) is 0 Å². The van der Waals surface area contributed by atoms with Gasteiger partial charge in [-0.15, -0.1) is 0 Å². The molecule has 8 heteroatoms. The summed E-state index contributed by atoms with van der Waals surface area (Å²) in [6.07, 6.45) is 11.9. The van der Waals surface area contributed by atoms with E-state index >= 15 is 0 Å². The summed E-state index contributed by atoms with van der Waals surface area (Å²) in [5.74, 6) is 3.33. The largest absolute Gasteiger partial charge is 1.00 e. The molecule has 0 aromatic carbocycles. The average Bonchev–Trinajstić information content (AvgIpc) is 3.08. The first-order valence-corrected chi connectivity index (χ1v) is 14.8. The SMILES string of the molecule is C[C@H](CCCCCOS(=O)(=O)[O-])[C@H]1CC[C@H]2[C@@H]3[C@@H](O)C[C@@H]4C[C@H](O)CC[C@]4(C)[C@H]3CC[C@]12C.[Na+]. The van der Waals surface area contributed by atoms with Crippen molar-refractivity contribution in [3.8, 4) is 0 Å². The molecule has 34 heavy (non-hydrogen) atoms. The fourth-order valence-electron chi connectivity index (χ4n) is 9.28. The van der Waals surface area contributed by atoms with Crippen LogP contribution in [0.15, 0.2) is 0 Å². The van der Waals surface area contributed by atoms with E-state index < -0.39 is 10.4 Å². The van der Waals surface area contributed by atoms with Gasteiger partial charge < -0.3 is 14.8 Å². The summed E-state index contributed by atoms with van der Waals surface area (Å²) in [4.78, 5) is 0. The van der Waals surface area contributed by atoms with Crippen LogP contribution < -0.4 is 29.6 Å². The Morgan fingerprint density at radius 1 is 0.971 bits per heavy atom. The molecule has 6 nitrogen and oxygen atoms in total. The van der Waals surface area contributed by atoms with Gasteiger partial charge in [0.25, 0.3) is 0 Å². The molecule has 0 heterocycles. The summed E-state index contributed by atoms with van der Waals surface area (Å²) in [6, 6.07) is 0. The minimum absolute atomic E-state index is 0. The molecule has 192 valence electrons. The van der Waals surface area contributed by atoms with Gasteiger partial charge >= 0.3 is 29.6 Å². The van der Waals surface area contributed by atoms with Gasteiger partial charge in [0, 0.05) is 0 Å². The standard InChI is InChI=1S/C26H46O6S.Na/c1-17(7-5-4-6-14-32-33(29,30)31)20-8-9-21-24-22(11-13-26(20,21)3)25(2)12-10-19(27)15-18(25)16-23(24)28;/h17-24,27-28H,4-16H2,1-3H3,(H,29,30,31);/q;+1/p-1/t17-,18+,19-,20-,21+,22+,23+,24+,25+,26-;/m1./s1. The van der Waals surface area contributed by atoms with Crippen LogP contribution in [-0.4, -0.2) is 42.0 Å². The van der Waals surface area contributed by atoms with Crippen LogP contribution in [0, 0.1) is 46.3 Å². The Hall–Kier alpha value is 0.790. The second-order valence-corrected chi connectivity index (χ2v) is 13.6. The predicted molar refractivity (Wildman–Crippen MR) is 126 cm³/mol. The third-order valence-electron chi connectivity index (χ3n) is 10.9. The van der Waals surface area contributed by atoms with Crippen molar-refractivity contribution < 1.29 is 56.9 Å². The quantitative estimate of drug-likeness (QED) is 0.224. The van der Waals surface area contributed by atoms with Crippen LogP contribution >= 0.6 is 0 Å². The molecule has 0 bridgehead atoms. The first kappa shape index (κ1) is 29.3. The molecule has 0 radical (unpaired) electrons. The molecule has 4 rings (SSSR count). The zero-order valence-electron chi connectivity index (χ0n) is 21.7. The molecule has 2 N–H and O–H groups in total. The first-order chi connectivity index (χ1) is 15.5. The predicted octanol–water partition coefficient (Wildman–Crippen LogP) is 1.65. The Morgan fingerprint density at radius 2 is 1.65 bits per heavy atom. The molecule has 4 saturated carbocycles. The van der Waals surface area contributed by atoms with E-state index in [1.807, 2.05) is 0 Å².